The van der Waals surface area contributed by atoms with E-state index in [-0.39, 0.29) is 0 Å². The van der Waals surface area contributed by atoms with E-state index in [2.05, 4.69) is 34.5 Å². The van der Waals surface area contributed by atoms with E-state index < -0.39 is 0 Å². The van der Waals surface area contributed by atoms with Crippen LogP contribution in [0.2, 0.25) is 0 Å². The number of carbonyl (C=O) groups excluding carboxylic acids is 1. The van der Waals surface area contributed by atoms with Gasteiger partial charge in [0, 0.05) is 24.2 Å². The molecule has 2 atom stereocenters. The van der Waals surface area contributed by atoms with E-state index in [9.17, 15) is 4.79 Å². The Balaban J connectivity index is 2.02. The standard InChI is InChI=1S/C13H16N2O/c16-8-7-15-12-4-2-1-3-10(12)11-9-14-6-5-13(11)15/h1-4,8,11,13-14H,5-7,9H2. The molecule has 1 saturated heterocycles. The Morgan fingerprint density at radius 1 is 1.44 bits per heavy atom. The molecule has 2 heterocycles. The summed E-state index contributed by atoms with van der Waals surface area (Å²) >= 11 is 0. The van der Waals surface area contributed by atoms with Crippen molar-refractivity contribution < 1.29 is 4.79 Å². The third kappa shape index (κ3) is 1.35. The van der Waals surface area contributed by atoms with Crippen LogP contribution in [0, 0.1) is 0 Å². The zero-order chi connectivity index (χ0) is 11.0. The topological polar surface area (TPSA) is 32.3 Å². The van der Waals surface area contributed by atoms with Gasteiger partial charge in [-0.05, 0) is 24.6 Å². The van der Waals surface area contributed by atoms with E-state index in [1.165, 1.54) is 11.3 Å². The van der Waals surface area contributed by atoms with E-state index >= 15 is 0 Å². The van der Waals surface area contributed by atoms with Gasteiger partial charge in [0.2, 0.25) is 0 Å². The van der Waals surface area contributed by atoms with Gasteiger partial charge in [-0.1, -0.05) is 18.2 Å². The molecule has 0 saturated carbocycles. The molecule has 0 bridgehead atoms. The van der Waals surface area contributed by atoms with Crippen molar-refractivity contribution in [3.63, 3.8) is 0 Å². The number of nitrogens with zero attached hydrogens (tertiary/aromatic N) is 1. The van der Waals surface area contributed by atoms with Gasteiger partial charge < -0.3 is 15.0 Å². The van der Waals surface area contributed by atoms with Crippen LogP contribution in [0.25, 0.3) is 0 Å². The minimum Gasteiger partial charge on any atom is -0.361 e. The minimum atomic E-state index is 0.517. The molecule has 0 aliphatic carbocycles. The summed E-state index contributed by atoms with van der Waals surface area (Å²) in [5, 5.41) is 3.44. The molecule has 3 rings (SSSR count). The van der Waals surface area contributed by atoms with Crippen molar-refractivity contribution in [2.75, 3.05) is 24.5 Å². The molecule has 1 fully saturated rings. The fourth-order valence-electron chi connectivity index (χ4n) is 3.09. The molecule has 0 spiro atoms. The minimum absolute atomic E-state index is 0.517. The number of para-hydroxylation sites is 1. The van der Waals surface area contributed by atoms with Crippen LogP contribution < -0.4 is 10.2 Å². The third-order valence-corrected chi connectivity index (χ3v) is 3.76. The number of nitrogens with one attached hydrogen (secondary N) is 1. The third-order valence-electron chi connectivity index (χ3n) is 3.76. The Hall–Kier alpha value is -1.35. The average Bonchev–Trinajstić information content (AvgIpc) is 2.66. The Morgan fingerprint density at radius 3 is 3.19 bits per heavy atom. The largest absolute Gasteiger partial charge is 0.361 e. The highest BCUT2D eigenvalue weighted by Crippen LogP contribution is 2.42. The SMILES string of the molecule is O=CCN1c2ccccc2C2CNCCC21. The van der Waals surface area contributed by atoms with E-state index in [1.807, 2.05) is 0 Å². The van der Waals surface area contributed by atoms with Crippen LogP contribution in [-0.4, -0.2) is 32.0 Å². The first kappa shape index (κ1) is 9.85. The van der Waals surface area contributed by atoms with Gasteiger partial charge in [0.1, 0.15) is 6.29 Å². The van der Waals surface area contributed by atoms with Crippen molar-refractivity contribution in [1.29, 1.82) is 0 Å². The number of benzene rings is 1. The molecule has 2 aliphatic rings. The van der Waals surface area contributed by atoms with E-state index in [0.29, 0.717) is 18.5 Å². The number of rotatable bonds is 2. The van der Waals surface area contributed by atoms with Crippen molar-refractivity contribution in [3.8, 4) is 0 Å². The van der Waals surface area contributed by atoms with Crippen LogP contribution in [0.5, 0.6) is 0 Å². The molecule has 2 aliphatic heterocycles. The van der Waals surface area contributed by atoms with Crippen LogP contribution in [0.3, 0.4) is 0 Å². The highest BCUT2D eigenvalue weighted by molar-refractivity contribution is 5.69. The zero-order valence-electron chi connectivity index (χ0n) is 9.23. The molecular formula is C13H16N2O. The lowest BCUT2D eigenvalue weighted by Crippen LogP contribution is -2.44. The van der Waals surface area contributed by atoms with Gasteiger partial charge in [-0.2, -0.15) is 0 Å². The second-order valence-electron chi connectivity index (χ2n) is 4.54. The summed E-state index contributed by atoms with van der Waals surface area (Å²) in [4.78, 5) is 13.1. The fraction of sp³-hybridized carbons (Fsp3) is 0.462. The molecule has 3 nitrogen and oxygen atoms in total. The lowest BCUT2D eigenvalue weighted by atomic mass is 9.90. The lowest BCUT2D eigenvalue weighted by molar-refractivity contribution is -0.106. The average molecular weight is 216 g/mol. The van der Waals surface area contributed by atoms with Gasteiger partial charge in [0.05, 0.1) is 6.54 Å². The van der Waals surface area contributed by atoms with Gasteiger partial charge in [-0.25, -0.2) is 0 Å². The van der Waals surface area contributed by atoms with Crippen LogP contribution in [0.4, 0.5) is 5.69 Å². The summed E-state index contributed by atoms with van der Waals surface area (Å²) in [7, 11) is 0. The number of anilines is 1. The molecule has 16 heavy (non-hydrogen) atoms. The van der Waals surface area contributed by atoms with Crippen LogP contribution >= 0.6 is 0 Å². The van der Waals surface area contributed by atoms with Crippen molar-refractivity contribution in [2.45, 2.75) is 18.4 Å². The summed E-state index contributed by atoms with van der Waals surface area (Å²) in [5.41, 5.74) is 2.66. The van der Waals surface area contributed by atoms with Gasteiger partial charge in [0.25, 0.3) is 0 Å². The molecule has 0 radical (unpaired) electrons. The molecule has 1 aromatic carbocycles. The van der Waals surface area contributed by atoms with Gasteiger partial charge in [-0.15, -0.1) is 0 Å². The molecule has 1 aromatic rings. The normalized spacial score (nSPS) is 27.4. The van der Waals surface area contributed by atoms with Crippen LogP contribution in [-0.2, 0) is 4.79 Å². The first-order valence-corrected chi connectivity index (χ1v) is 5.91. The highest BCUT2D eigenvalue weighted by Gasteiger charge is 2.38. The van der Waals surface area contributed by atoms with Gasteiger partial charge in [0.15, 0.2) is 0 Å². The van der Waals surface area contributed by atoms with E-state index in [0.717, 1.165) is 25.8 Å². The molecule has 2 unspecified atom stereocenters. The van der Waals surface area contributed by atoms with Crippen molar-refractivity contribution in [1.82, 2.24) is 5.32 Å². The first-order chi connectivity index (χ1) is 7.92. The molecule has 0 amide bonds. The Morgan fingerprint density at radius 2 is 2.31 bits per heavy atom. The van der Waals surface area contributed by atoms with E-state index in [4.69, 9.17) is 0 Å². The Bertz CT molecular complexity index is 405. The summed E-state index contributed by atoms with van der Waals surface area (Å²) in [5.74, 6) is 0.560. The van der Waals surface area contributed by atoms with Crippen molar-refractivity contribution in [3.05, 3.63) is 29.8 Å². The van der Waals surface area contributed by atoms with Crippen LogP contribution in [0.15, 0.2) is 24.3 Å². The molecule has 3 heteroatoms. The van der Waals surface area contributed by atoms with Crippen LogP contribution in [0.1, 0.15) is 17.9 Å². The summed E-state index contributed by atoms with van der Waals surface area (Å²) in [6, 6.07) is 9.00. The second kappa shape index (κ2) is 3.91. The van der Waals surface area contributed by atoms with Crippen molar-refractivity contribution >= 4 is 12.0 Å². The maximum Gasteiger partial charge on any atom is 0.139 e. The molecule has 84 valence electrons. The van der Waals surface area contributed by atoms with Crippen molar-refractivity contribution in [2.24, 2.45) is 0 Å². The number of hydrogen-bond donors (Lipinski definition) is 1. The summed E-state index contributed by atoms with van der Waals surface area (Å²) in [6.07, 6.45) is 2.15. The smallest absolute Gasteiger partial charge is 0.139 e. The molecule has 1 N–H and O–H groups in total. The Kier molecular flexibility index (Phi) is 2.40. The predicted molar refractivity (Wildman–Crippen MR) is 63.9 cm³/mol. The predicted octanol–water partition coefficient (Wildman–Crippen LogP) is 1.15. The lowest BCUT2D eigenvalue weighted by Gasteiger charge is -2.32. The highest BCUT2D eigenvalue weighted by atomic mass is 16.1. The maximum atomic E-state index is 10.8. The second-order valence-corrected chi connectivity index (χ2v) is 4.54. The monoisotopic (exact) mass is 216 g/mol. The fourth-order valence-corrected chi connectivity index (χ4v) is 3.09. The zero-order valence-corrected chi connectivity index (χ0v) is 9.23. The van der Waals surface area contributed by atoms with Gasteiger partial charge >= 0.3 is 0 Å². The molecule has 0 aromatic heterocycles. The first-order valence-electron chi connectivity index (χ1n) is 5.91. The molecular weight excluding hydrogens is 200 g/mol. The van der Waals surface area contributed by atoms with Gasteiger partial charge in [-0.3, -0.25) is 0 Å². The Labute approximate surface area is 95.4 Å². The van der Waals surface area contributed by atoms with E-state index in [1.54, 1.807) is 0 Å². The number of piperidine rings is 1. The summed E-state index contributed by atoms with van der Waals surface area (Å²) < 4.78 is 0. The number of aldehydes is 1. The number of fused-ring (bicyclic) bond motifs is 3. The quantitative estimate of drug-likeness (QED) is 0.753. The summed E-state index contributed by atoms with van der Waals surface area (Å²) in [6.45, 7) is 2.62. The number of hydrogen-bond acceptors (Lipinski definition) is 3. The number of carbonyl (C=O) groups is 1. The maximum absolute atomic E-state index is 10.8.